The van der Waals surface area contributed by atoms with Gasteiger partial charge < -0.3 is 19.5 Å². The van der Waals surface area contributed by atoms with Crippen LogP contribution in [-0.2, 0) is 4.74 Å². The second kappa shape index (κ2) is 12.0. The van der Waals surface area contributed by atoms with E-state index in [4.69, 9.17) is 14.2 Å². The van der Waals surface area contributed by atoms with Gasteiger partial charge in [-0.3, -0.25) is 14.9 Å². The molecule has 0 fully saturated rings. The Morgan fingerprint density at radius 2 is 1.76 bits per heavy atom. The molecule has 0 aliphatic carbocycles. The number of carbonyl (C=O) groups is 2. The Morgan fingerprint density at radius 1 is 1.06 bits per heavy atom. The Bertz CT molecular complexity index is 975. The summed E-state index contributed by atoms with van der Waals surface area (Å²) < 4.78 is 16.2. The quantitative estimate of drug-likeness (QED) is 0.160. The first-order valence-electron chi connectivity index (χ1n) is 10.6. The molecule has 2 aromatic rings. The van der Waals surface area contributed by atoms with Crippen LogP contribution in [0.3, 0.4) is 0 Å². The van der Waals surface area contributed by atoms with Gasteiger partial charge in [-0.15, -0.1) is 0 Å². The number of nitro groups is 1. The summed E-state index contributed by atoms with van der Waals surface area (Å²) in [7, 11) is -0.0681. The Balaban J connectivity index is 2.01. The lowest BCUT2D eigenvalue weighted by molar-refractivity contribution is -0.385. The highest BCUT2D eigenvalue weighted by Gasteiger charge is 2.26. The molecule has 178 valence electrons. The zero-order valence-corrected chi connectivity index (χ0v) is 20.4. The van der Waals surface area contributed by atoms with Crippen LogP contribution in [-0.4, -0.2) is 51.7 Å². The summed E-state index contributed by atoms with van der Waals surface area (Å²) in [4.78, 5) is 35.4. The third kappa shape index (κ3) is 8.22. The van der Waals surface area contributed by atoms with Crippen molar-refractivity contribution in [1.82, 2.24) is 5.32 Å². The fourth-order valence-electron chi connectivity index (χ4n) is 2.81. The zero-order chi connectivity index (χ0) is 24.4. The second-order valence-electron chi connectivity index (χ2n) is 8.55. The number of hydrogen-bond acceptors (Lipinski definition) is 7. The highest BCUT2D eigenvalue weighted by Crippen LogP contribution is 2.35. The van der Waals surface area contributed by atoms with E-state index < -0.39 is 24.7 Å². The van der Waals surface area contributed by atoms with Crippen LogP contribution in [0.15, 0.2) is 42.5 Å². The number of hydrogen-bond donors (Lipinski definition) is 1. The standard InChI is InChI=1S/C23H30N2O7Si/c1-30-20-16-19(25(28)29)18(23(27)32-13-14-33(2,3)4)15-21(20)31-12-8-11-24-22(26)17-9-6-5-7-10-17/h5-7,9-10,15-16H,8,11-14H2,1-4H3,(H,24,26). The van der Waals surface area contributed by atoms with E-state index in [0.29, 0.717) is 18.5 Å². The maximum Gasteiger partial charge on any atom is 0.345 e. The minimum atomic E-state index is -1.43. The third-order valence-corrected chi connectivity index (χ3v) is 6.39. The van der Waals surface area contributed by atoms with Crippen molar-refractivity contribution in [2.24, 2.45) is 0 Å². The predicted octanol–water partition coefficient (Wildman–Crippen LogP) is 4.30. The van der Waals surface area contributed by atoms with Crippen LogP contribution in [0.2, 0.25) is 25.7 Å². The van der Waals surface area contributed by atoms with Crippen molar-refractivity contribution >= 4 is 25.6 Å². The van der Waals surface area contributed by atoms with Crippen LogP contribution in [0.5, 0.6) is 11.5 Å². The number of esters is 1. The molecule has 0 saturated heterocycles. The molecule has 0 saturated carbocycles. The molecule has 0 aliphatic heterocycles. The Labute approximate surface area is 194 Å². The molecule has 2 rings (SSSR count). The molecule has 0 bridgehead atoms. The van der Waals surface area contributed by atoms with E-state index >= 15 is 0 Å². The van der Waals surface area contributed by atoms with Crippen molar-refractivity contribution in [2.45, 2.75) is 32.1 Å². The molecule has 1 amide bonds. The highest BCUT2D eigenvalue weighted by molar-refractivity contribution is 6.76. The summed E-state index contributed by atoms with van der Waals surface area (Å²) in [6, 6.07) is 12.0. The van der Waals surface area contributed by atoms with Gasteiger partial charge in [-0.25, -0.2) is 4.79 Å². The van der Waals surface area contributed by atoms with Gasteiger partial charge in [-0.2, -0.15) is 0 Å². The third-order valence-electron chi connectivity index (χ3n) is 4.68. The number of ether oxygens (including phenoxy) is 3. The van der Waals surface area contributed by atoms with Gasteiger partial charge in [0.25, 0.3) is 11.6 Å². The minimum Gasteiger partial charge on any atom is -0.493 e. The molecule has 0 heterocycles. The largest absolute Gasteiger partial charge is 0.493 e. The number of nitro benzene ring substituents is 1. The highest BCUT2D eigenvalue weighted by atomic mass is 28.3. The summed E-state index contributed by atoms with van der Waals surface area (Å²) in [5.41, 5.74) is -0.0381. The molecule has 0 atom stereocenters. The van der Waals surface area contributed by atoms with E-state index in [-0.39, 0.29) is 36.2 Å². The van der Waals surface area contributed by atoms with Crippen molar-refractivity contribution in [2.75, 3.05) is 26.9 Å². The predicted molar refractivity (Wildman–Crippen MR) is 127 cm³/mol. The average molecular weight is 475 g/mol. The van der Waals surface area contributed by atoms with Gasteiger partial charge in [0.1, 0.15) is 5.56 Å². The first-order valence-corrected chi connectivity index (χ1v) is 14.3. The normalized spacial score (nSPS) is 10.9. The number of amides is 1. The molecule has 0 aromatic heterocycles. The van der Waals surface area contributed by atoms with Crippen molar-refractivity contribution in [1.29, 1.82) is 0 Å². The monoisotopic (exact) mass is 474 g/mol. The molecule has 9 nitrogen and oxygen atoms in total. The van der Waals surface area contributed by atoms with Gasteiger partial charge in [0.15, 0.2) is 11.5 Å². The first-order chi connectivity index (χ1) is 15.6. The summed E-state index contributed by atoms with van der Waals surface area (Å²) >= 11 is 0. The lowest BCUT2D eigenvalue weighted by Gasteiger charge is -2.16. The average Bonchev–Trinajstić information content (AvgIpc) is 2.77. The maximum absolute atomic E-state index is 12.5. The summed E-state index contributed by atoms with van der Waals surface area (Å²) in [6.07, 6.45) is 0.481. The maximum atomic E-state index is 12.5. The van der Waals surface area contributed by atoms with Crippen LogP contribution in [0.25, 0.3) is 0 Å². The zero-order valence-electron chi connectivity index (χ0n) is 19.4. The van der Waals surface area contributed by atoms with Crippen molar-refractivity contribution in [3.63, 3.8) is 0 Å². The SMILES string of the molecule is COc1cc([N+](=O)[O-])c(C(=O)OCC[Si](C)(C)C)cc1OCCCNC(=O)c1ccccc1. The molecular formula is C23H30N2O7Si. The summed E-state index contributed by atoms with van der Waals surface area (Å²) in [5, 5.41) is 14.3. The summed E-state index contributed by atoms with van der Waals surface area (Å²) in [6.45, 7) is 7.21. The smallest absolute Gasteiger partial charge is 0.345 e. The van der Waals surface area contributed by atoms with E-state index in [1.165, 1.54) is 13.2 Å². The van der Waals surface area contributed by atoms with E-state index in [1.807, 2.05) is 6.07 Å². The van der Waals surface area contributed by atoms with E-state index in [9.17, 15) is 19.7 Å². The molecule has 0 spiro atoms. The minimum absolute atomic E-state index is 0.133. The van der Waals surface area contributed by atoms with Crippen molar-refractivity contribution in [3.05, 3.63) is 63.7 Å². The Hall–Kier alpha value is -3.40. The van der Waals surface area contributed by atoms with Gasteiger partial charge in [0.2, 0.25) is 0 Å². The van der Waals surface area contributed by atoms with E-state index in [0.717, 1.165) is 12.1 Å². The fourth-order valence-corrected chi connectivity index (χ4v) is 3.53. The van der Waals surface area contributed by atoms with Crippen molar-refractivity contribution < 1.29 is 28.7 Å². The Kier molecular flexibility index (Phi) is 9.40. The first kappa shape index (κ1) is 25.9. The molecule has 2 aromatic carbocycles. The van der Waals surface area contributed by atoms with Gasteiger partial charge in [0, 0.05) is 26.2 Å². The lowest BCUT2D eigenvalue weighted by Crippen LogP contribution is -2.25. The van der Waals surface area contributed by atoms with Crippen LogP contribution in [0, 0.1) is 10.1 Å². The molecule has 0 aliphatic rings. The van der Waals surface area contributed by atoms with Gasteiger partial charge in [0.05, 0.1) is 31.3 Å². The van der Waals surface area contributed by atoms with Crippen molar-refractivity contribution in [3.8, 4) is 11.5 Å². The van der Waals surface area contributed by atoms with Crippen LogP contribution in [0.4, 0.5) is 5.69 Å². The van der Waals surface area contributed by atoms with Crippen LogP contribution < -0.4 is 14.8 Å². The van der Waals surface area contributed by atoms with Crippen LogP contribution in [0.1, 0.15) is 27.1 Å². The second-order valence-corrected chi connectivity index (χ2v) is 14.2. The molecule has 1 N–H and O–H groups in total. The molecule has 10 heteroatoms. The van der Waals surface area contributed by atoms with E-state index in [2.05, 4.69) is 25.0 Å². The molecule has 0 unspecified atom stereocenters. The van der Waals surface area contributed by atoms with Crippen LogP contribution >= 0.6 is 0 Å². The lowest BCUT2D eigenvalue weighted by atomic mass is 10.1. The number of benzene rings is 2. The molecule has 33 heavy (non-hydrogen) atoms. The number of methoxy groups -OCH3 is 1. The number of nitrogens with one attached hydrogen (secondary N) is 1. The Morgan fingerprint density at radius 3 is 2.36 bits per heavy atom. The molecular weight excluding hydrogens is 444 g/mol. The molecule has 0 radical (unpaired) electrons. The van der Waals surface area contributed by atoms with E-state index in [1.54, 1.807) is 24.3 Å². The van der Waals surface area contributed by atoms with Gasteiger partial charge in [-0.1, -0.05) is 37.8 Å². The summed E-state index contributed by atoms with van der Waals surface area (Å²) in [5.74, 6) is -0.641. The number of carbonyl (C=O) groups excluding carboxylic acids is 2. The number of rotatable bonds is 12. The van der Waals surface area contributed by atoms with Gasteiger partial charge >= 0.3 is 5.97 Å². The number of nitrogens with zero attached hydrogens (tertiary/aromatic N) is 1. The van der Waals surface area contributed by atoms with Gasteiger partial charge in [-0.05, 0) is 24.6 Å². The fraction of sp³-hybridized carbons (Fsp3) is 0.391. The topological polar surface area (TPSA) is 117 Å².